The second kappa shape index (κ2) is 13.0. The first-order valence-corrected chi connectivity index (χ1v) is 9.19. The molecule has 1 aromatic carbocycles. The van der Waals surface area contributed by atoms with Gasteiger partial charge in [0.25, 0.3) is 0 Å². The number of rotatable bonds is 6. The van der Waals surface area contributed by atoms with Gasteiger partial charge in [-0.3, -0.25) is 0 Å². The summed E-state index contributed by atoms with van der Waals surface area (Å²) in [5.74, 6) is 6.26. The molecule has 0 aromatic heterocycles. The molecule has 0 saturated carbocycles. The molecule has 0 heterocycles. The lowest BCUT2D eigenvalue weighted by Gasteiger charge is -2.26. The summed E-state index contributed by atoms with van der Waals surface area (Å²) in [5, 5.41) is 16.0. The number of phenolic OH excluding ortho intramolecular Hbond substituents is 1. The molecule has 1 aromatic rings. The molecule has 0 unspecified atom stereocenters. The summed E-state index contributed by atoms with van der Waals surface area (Å²) in [6.07, 6.45) is 13.6. The maximum absolute atomic E-state index is 10.3. The summed E-state index contributed by atoms with van der Waals surface area (Å²) in [6.45, 7) is 16.4. The SMILES string of the molecule is C#C.C/C=C\C(CC)=N\N(N)c1cc(C(C)(C)CC)cc(C)c1O.CC. The first kappa shape index (κ1) is 26.0. The molecule has 4 heteroatoms. The molecule has 0 saturated heterocycles. The Balaban J connectivity index is 0. The third-order valence-corrected chi connectivity index (χ3v) is 4.15. The molecule has 0 radical (unpaired) electrons. The molecule has 0 spiro atoms. The van der Waals surface area contributed by atoms with Crippen molar-refractivity contribution in [1.29, 1.82) is 0 Å². The first-order valence-electron chi connectivity index (χ1n) is 9.19. The van der Waals surface area contributed by atoms with Crippen molar-refractivity contribution >= 4 is 11.4 Å². The van der Waals surface area contributed by atoms with Crippen LogP contribution in [0.4, 0.5) is 5.69 Å². The van der Waals surface area contributed by atoms with E-state index >= 15 is 0 Å². The molecule has 0 fully saturated rings. The molecule has 0 aliphatic heterocycles. The van der Waals surface area contributed by atoms with Gasteiger partial charge in [-0.1, -0.05) is 53.7 Å². The van der Waals surface area contributed by atoms with Crippen LogP contribution in [0.3, 0.4) is 0 Å². The normalized spacial score (nSPS) is 11.3. The molecular formula is C22H37N3O. The number of benzene rings is 1. The number of hydrogen-bond donors (Lipinski definition) is 2. The molecule has 0 bridgehead atoms. The number of nitrogens with zero attached hydrogens (tertiary/aromatic N) is 2. The largest absolute Gasteiger partial charge is 0.505 e. The van der Waals surface area contributed by atoms with Crippen LogP contribution in [0.1, 0.15) is 72.4 Å². The van der Waals surface area contributed by atoms with Crippen molar-refractivity contribution in [2.75, 3.05) is 5.12 Å². The van der Waals surface area contributed by atoms with Crippen molar-refractivity contribution < 1.29 is 5.11 Å². The fourth-order valence-corrected chi connectivity index (χ4v) is 2.14. The van der Waals surface area contributed by atoms with Crippen molar-refractivity contribution in [2.45, 2.75) is 73.6 Å². The Hall–Kier alpha value is -2.25. The standard InChI is InChI=1S/C18H29N3O.C2H6.C2H2/c1-7-10-15(8-2)20-21(19)16-12-14(18(5,6)9-3)11-13(4)17(16)22;2*1-2/h7,10-12,22H,8-9,19H2,1-6H3;1-2H3;1-2H/b10-7-,20-15+;;. The van der Waals surface area contributed by atoms with Gasteiger partial charge in [0.1, 0.15) is 11.4 Å². The molecule has 0 aliphatic carbocycles. The van der Waals surface area contributed by atoms with Crippen LogP contribution >= 0.6 is 0 Å². The van der Waals surface area contributed by atoms with Crippen molar-refractivity contribution in [3.05, 3.63) is 35.4 Å². The number of hydrogen-bond acceptors (Lipinski definition) is 4. The summed E-state index contributed by atoms with van der Waals surface area (Å²) in [5.41, 5.74) is 3.38. The number of nitrogens with two attached hydrogens (primary N) is 1. The summed E-state index contributed by atoms with van der Waals surface area (Å²) < 4.78 is 0. The highest BCUT2D eigenvalue weighted by atomic mass is 16.3. The van der Waals surface area contributed by atoms with E-state index < -0.39 is 0 Å². The monoisotopic (exact) mass is 359 g/mol. The average Bonchev–Trinajstić information content (AvgIpc) is 2.66. The van der Waals surface area contributed by atoms with Gasteiger partial charge in [0, 0.05) is 0 Å². The van der Waals surface area contributed by atoms with Gasteiger partial charge in [-0.2, -0.15) is 10.2 Å². The lowest BCUT2D eigenvalue weighted by Crippen LogP contribution is -2.27. The van der Waals surface area contributed by atoms with Gasteiger partial charge in [0.15, 0.2) is 0 Å². The molecule has 0 amide bonds. The van der Waals surface area contributed by atoms with E-state index in [1.54, 1.807) is 0 Å². The Labute approximate surface area is 160 Å². The minimum absolute atomic E-state index is 0.0225. The molecule has 26 heavy (non-hydrogen) atoms. The fourth-order valence-electron chi connectivity index (χ4n) is 2.14. The van der Waals surface area contributed by atoms with Crippen LogP contribution in [-0.4, -0.2) is 10.8 Å². The Morgan fingerprint density at radius 2 is 1.81 bits per heavy atom. The van der Waals surface area contributed by atoms with Gasteiger partial charge < -0.3 is 5.11 Å². The van der Waals surface area contributed by atoms with E-state index in [4.69, 9.17) is 5.84 Å². The molecule has 4 nitrogen and oxygen atoms in total. The number of allylic oxidation sites excluding steroid dienone is 2. The van der Waals surface area contributed by atoms with E-state index in [9.17, 15) is 5.11 Å². The minimum Gasteiger partial charge on any atom is -0.505 e. The van der Waals surface area contributed by atoms with E-state index in [-0.39, 0.29) is 11.2 Å². The Bertz CT molecular complexity index is 613. The highest BCUT2D eigenvalue weighted by Crippen LogP contribution is 2.36. The lowest BCUT2D eigenvalue weighted by atomic mass is 9.81. The van der Waals surface area contributed by atoms with Gasteiger partial charge in [0.05, 0.1) is 5.71 Å². The molecule has 1 rings (SSSR count). The Morgan fingerprint density at radius 3 is 2.23 bits per heavy atom. The van der Waals surface area contributed by atoms with E-state index in [0.29, 0.717) is 5.69 Å². The zero-order valence-electron chi connectivity index (χ0n) is 17.8. The van der Waals surface area contributed by atoms with Crippen LogP contribution in [0.5, 0.6) is 5.75 Å². The second-order valence-electron chi connectivity index (χ2n) is 6.19. The maximum Gasteiger partial charge on any atom is 0.145 e. The summed E-state index contributed by atoms with van der Waals surface area (Å²) in [6, 6.07) is 3.95. The van der Waals surface area contributed by atoms with Gasteiger partial charge in [-0.15, -0.1) is 12.8 Å². The zero-order valence-corrected chi connectivity index (χ0v) is 17.8. The van der Waals surface area contributed by atoms with E-state index in [1.807, 2.05) is 58.9 Å². The summed E-state index contributed by atoms with van der Waals surface area (Å²) >= 11 is 0. The van der Waals surface area contributed by atoms with Crippen molar-refractivity contribution in [2.24, 2.45) is 10.9 Å². The number of hydrazine groups is 1. The molecular weight excluding hydrogens is 322 g/mol. The minimum atomic E-state index is 0.0225. The van der Waals surface area contributed by atoms with Crippen LogP contribution in [0.15, 0.2) is 29.4 Å². The highest BCUT2D eigenvalue weighted by molar-refractivity contribution is 5.95. The Morgan fingerprint density at radius 1 is 1.27 bits per heavy atom. The molecule has 0 aliphatic rings. The van der Waals surface area contributed by atoms with Crippen molar-refractivity contribution in [3.8, 4) is 18.6 Å². The summed E-state index contributed by atoms with van der Waals surface area (Å²) in [4.78, 5) is 0. The van der Waals surface area contributed by atoms with Crippen molar-refractivity contribution in [1.82, 2.24) is 0 Å². The van der Waals surface area contributed by atoms with E-state index in [1.165, 1.54) is 5.12 Å². The van der Waals surface area contributed by atoms with Crippen molar-refractivity contribution in [3.63, 3.8) is 0 Å². The zero-order chi connectivity index (χ0) is 20.9. The van der Waals surface area contributed by atoms with Gasteiger partial charge in [-0.05, 0) is 55.4 Å². The molecule has 0 atom stereocenters. The van der Waals surface area contributed by atoms with Gasteiger partial charge >= 0.3 is 0 Å². The first-order chi connectivity index (χ1) is 12.3. The smallest absolute Gasteiger partial charge is 0.145 e. The van der Waals surface area contributed by atoms with Gasteiger partial charge in [0.2, 0.25) is 0 Å². The second-order valence-corrected chi connectivity index (χ2v) is 6.19. The Kier molecular flexibility index (Phi) is 13.0. The highest BCUT2D eigenvalue weighted by Gasteiger charge is 2.22. The van der Waals surface area contributed by atoms with Crippen LogP contribution in [0.2, 0.25) is 0 Å². The average molecular weight is 360 g/mol. The molecule has 146 valence electrons. The fraction of sp³-hybridized carbons (Fsp3) is 0.500. The van der Waals surface area contributed by atoms with E-state index in [0.717, 1.165) is 29.7 Å². The maximum atomic E-state index is 10.3. The van der Waals surface area contributed by atoms with Gasteiger partial charge in [-0.25, -0.2) is 5.84 Å². The topological polar surface area (TPSA) is 61.8 Å². The number of anilines is 1. The number of aryl methyl sites for hydroxylation is 1. The third kappa shape index (κ3) is 7.33. The number of hydrazone groups is 1. The quantitative estimate of drug-likeness (QED) is 0.297. The van der Waals surface area contributed by atoms with Crippen LogP contribution in [-0.2, 0) is 5.41 Å². The predicted molar refractivity (Wildman–Crippen MR) is 117 cm³/mol. The molecule has 3 N–H and O–H groups in total. The third-order valence-electron chi connectivity index (χ3n) is 4.15. The van der Waals surface area contributed by atoms with Crippen LogP contribution < -0.4 is 11.0 Å². The number of phenols is 1. The van der Waals surface area contributed by atoms with E-state index in [2.05, 4.69) is 38.7 Å². The number of aromatic hydroxyl groups is 1. The van der Waals surface area contributed by atoms with Crippen LogP contribution in [0, 0.1) is 19.8 Å². The summed E-state index contributed by atoms with van der Waals surface area (Å²) in [7, 11) is 0. The number of terminal acetylenes is 1. The predicted octanol–water partition coefficient (Wildman–Crippen LogP) is 5.69. The van der Waals surface area contributed by atoms with Crippen LogP contribution in [0.25, 0.3) is 0 Å². The lowest BCUT2D eigenvalue weighted by molar-refractivity contribution is 0.466.